The molecule has 4 aromatic carbocycles. The molecule has 0 saturated carbocycles. The van der Waals surface area contributed by atoms with Gasteiger partial charge in [0.15, 0.2) is 0 Å². The van der Waals surface area contributed by atoms with Crippen molar-refractivity contribution < 1.29 is 14.2 Å². The van der Waals surface area contributed by atoms with Crippen LogP contribution in [-0.4, -0.2) is 61.1 Å². The number of aryl methyl sites for hydroxylation is 1. The van der Waals surface area contributed by atoms with Gasteiger partial charge < -0.3 is 14.2 Å². The fourth-order valence-corrected chi connectivity index (χ4v) is 5.45. The van der Waals surface area contributed by atoms with Crippen LogP contribution >= 0.6 is 0 Å². The zero-order chi connectivity index (χ0) is 39.2. The van der Waals surface area contributed by atoms with Crippen molar-refractivity contribution in [3.63, 3.8) is 0 Å². The molecular formula is C49H46N4O3. The lowest BCUT2D eigenvalue weighted by Crippen LogP contribution is -1.84. The van der Waals surface area contributed by atoms with Crippen LogP contribution in [0.25, 0.3) is 55.8 Å². The number of hydrogen-bond acceptors (Lipinski definition) is 7. The molecule has 0 aliphatic rings. The van der Waals surface area contributed by atoms with E-state index in [2.05, 4.69) is 75.1 Å². The van der Waals surface area contributed by atoms with Crippen molar-refractivity contribution in [1.29, 1.82) is 0 Å². The van der Waals surface area contributed by atoms with Gasteiger partial charge in [0, 0.05) is 73.2 Å². The number of benzene rings is 4. The van der Waals surface area contributed by atoms with Crippen LogP contribution in [0.4, 0.5) is 0 Å². The third-order valence-electron chi connectivity index (χ3n) is 8.14. The van der Waals surface area contributed by atoms with Crippen molar-refractivity contribution in [1.82, 2.24) is 19.9 Å². The Morgan fingerprint density at radius 3 is 1.36 bits per heavy atom. The third-order valence-corrected chi connectivity index (χ3v) is 8.14. The van der Waals surface area contributed by atoms with Crippen LogP contribution in [-0.2, 0) is 14.2 Å². The quantitative estimate of drug-likeness (QED) is 0.151. The van der Waals surface area contributed by atoms with E-state index in [0.717, 1.165) is 54.9 Å². The Morgan fingerprint density at radius 1 is 0.482 bits per heavy atom. The van der Waals surface area contributed by atoms with E-state index in [-0.39, 0.29) is 0 Å². The highest BCUT2D eigenvalue weighted by Crippen LogP contribution is 2.15. The van der Waals surface area contributed by atoms with Crippen LogP contribution in [0.2, 0.25) is 0 Å². The van der Waals surface area contributed by atoms with Crippen molar-refractivity contribution in [2.75, 3.05) is 41.2 Å². The second-order valence-corrected chi connectivity index (χ2v) is 12.5. The monoisotopic (exact) mass is 738 g/mol. The fourth-order valence-electron chi connectivity index (χ4n) is 5.45. The molecule has 56 heavy (non-hydrogen) atoms. The Hall–Kier alpha value is -6.56. The molecule has 0 bridgehead atoms. The Balaban J connectivity index is 0.000000144. The topological polar surface area (TPSA) is 79.2 Å². The molecule has 4 aromatic heterocycles. The lowest BCUT2D eigenvalue weighted by Gasteiger charge is -1.98. The summed E-state index contributed by atoms with van der Waals surface area (Å²) < 4.78 is 14.7. The molecule has 0 fully saturated rings. The van der Waals surface area contributed by atoms with E-state index in [1.807, 2.05) is 128 Å². The molecule has 7 nitrogen and oxygen atoms in total. The van der Waals surface area contributed by atoms with E-state index in [9.17, 15) is 0 Å². The van der Waals surface area contributed by atoms with Gasteiger partial charge in [-0.05, 0) is 72.1 Å². The summed E-state index contributed by atoms with van der Waals surface area (Å²) in [5, 5.41) is 4.66. The molecule has 0 amide bonds. The third kappa shape index (κ3) is 13.1. The van der Waals surface area contributed by atoms with Gasteiger partial charge in [-0.15, -0.1) is 0 Å². The number of rotatable bonds is 7. The molecule has 8 aromatic rings. The molecule has 0 spiro atoms. The van der Waals surface area contributed by atoms with E-state index >= 15 is 0 Å². The van der Waals surface area contributed by atoms with Crippen LogP contribution in [0.1, 0.15) is 22.3 Å². The summed E-state index contributed by atoms with van der Waals surface area (Å²) in [5.74, 6) is 5.90. The molecular weight excluding hydrogens is 693 g/mol. The number of ether oxygens (including phenoxy) is 3. The average Bonchev–Trinajstić information content (AvgIpc) is 3.24. The second-order valence-electron chi connectivity index (χ2n) is 12.5. The maximum atomic E-state index is 4.94. The maximum Gasteiger partial charge on any atom is 0.107 e. The molecule has 0 aliphatic heterocycles. The summed E-state index contributed by atoms with van der Waals surface area (Å²) in [6, 6.07) is 40.7. The van der Waals surface area contributed by atoms with Gasteiger partial charge in [0.1, 0.15) is 6.61 Å². The van der Waals surface area contributed by atoms with Gasteiger partial charge in [0.2, 0.25) is 0 Å². The zero-order valence-electron chi connectivity index (χ0n) is 32.3. The van der Waals surface area contributed by atoms with E-state index in [1.165, 1.54) is 10.9 Å². The Labute approximate surface area is 329 Å². The number of para-hydroxylation sites is 4. The van der Waals surface area contributed by atoms with E-state index in [0.29, 0.717) is 19.8 Å². The first-order chi connectivity index (χ1) is 27.6. The summed E-state index contributed by atoms with van der Waals surface area (Å²) in [6.07, 6.45) is 15.4. The highest BCUT2D eigenvalue weighted by atomic mass is 16.5. The molecule has 280 valence electrons. The van der Waals surface area contributed by atoms with Crippen LogP contribution in [0.15, 0.2) is 158 Å². The van der Waals surface area contributed by atoms with E-state index in [1.54, 1.807) is 27.5 Å². The van der Waals surface area contributed by atoms with Crippen molar-refractivity contribution in [2.24, 2.45) is 0 Å². The lowest BCUT2D eigenvalue weighted by molar-refractivity contribution is 0.234. The molecule has 4 heterocycles. The van der Waals surface area contributed by atoms with Gasteiger partial charge in [0.25, 0.3) is 0 Å². The average molecular weight is 739 g/mol. The largest absolute Gasteiger partial charge is 0.381 e. The Kier molecular flexibility index (Phi) is 16.4. The van der Waals surface area contributed by atoms with Crippen molar-refractivity contribution in [3.05, 3.63) is 181 Å². The number of pyridine rings is 4. The van der Waals surface area contributed by atoms with Gasteiger partial charge >= 0.3 is 0 Å². The molecule has 0 radical (unpaired) electrons. The van der Waals surface area contributed by atoms with Gasteiger partial charge in [-0.1, -0.05) is 109 Å². The molecule has 0 aliphatic carbocycles. The minimum Gasteiger partial charge on any atom is -0.381 e. The van der Waals surface area contributed by atoms with Crippen LogP contribution in [0.3, 0.4) is 0 Å². The predicted molar refractivity (Wildman–Crippen MR) is 232 cm³/mol. The van der Waals surface area contributed by atoms with Gasteiger partial charge in [0.05, 0.1) is 35.3 Å². The standard InChI is InChI=1S/2C13H13NO.C13H11NO.C10H9N/c3*1-15-8-4-5-11-9-12-6-2-3-7-13(12)14-10-11;1-8-6-9-4-2-3-5-10(9)11-7-8/h2*2-7,9-10H,8H2,1H3;2-3,6-7,9-10H,8H2,1H3;2-7H,1H3/b5-4+;5-4-;;. The zero-order valence-corrected chi connectivity index (χ0v) is 32.3. The van der Waals surface area contributed by atoms with E-state index < -0.39 is 0 Å². The van der Waals surface area contributed by atoms with Crippen LogP contribution < -0.4 is 0 Å². The summed E-state index contributed by atoms with van der Waals surface area (Å²) >= 11 is 0. The predicted octanol–water partition coefficient (Wildman–Crippen LogP) is 10.6. The molecule has 0 saturated heterocycles. The molecule has 7 heteroatoms. The highest BCUT2D eigenvalue weighted by Gasteiger charge is 1.96. The number of nitrogens with zero attached hydrogens (tertiary/aromatic N) is 4. The second kappa shape index (κ2) is 22.6. The molecule has 0 atom stereocenters. The van der Waals surface area contributed by atoms with Gasteiger partial charge in [-0.3, -0.25) is 19.9 Å². The first-order valence-electron chi connectivity index (χ1n) is 18.2. The Morgan fingerprint density at radius 2 is 0.893 bits per heavy atom. The van der Waals surface area contributed by atoms with Crippen LogP contribution in [0, 0.1) is 18.8 Å². The van der Waals surface area contributed by atoms with Crippen molar-refractivity contribution >= 4 is 55.8 Å². The first-order valence-corrected chi connectivity index (χ1v) is 18.2. The van der Waals surface area contributed by atoms with Crippen molar-refractivity contribution in [2.45, 2.75) is 6.92 Å². The number of methoxy groups -OCH3 is 3. The van der Waals surface area contributed by atoms with E-state index in [4.69, 9.17) is 14.2 Å². The minimum absolute atomic E-state index is 0.451. The molecule has 8 rings (SSSR count). The summed E-state index contributed by atoms with van der Waals surface area (Å²) in [6.45, 7) is 3.77. The first kappa shape index (κ1) is 40.6. The molecule has 0 N–H and O–H groups in total. The van der Waals surface area contributed by atoms with Crippen LogP contribution in [0.5, 0.6) is 0 Å². The lowest BCUT2D eigenvalue weighted by atomic mass is 10.1. The minimum atomic E-state index is 0.451. The van der Waals surface area contributed by atoms with Gasteiger partial charge in [-0.25, -0.2) is 0 Å². The van der Waals surface area contributed by atoms with Crippen molar-refractivity contribution in [3.8, 4) is 11.8 Å². The molecule has 0 unspecified atom stereocenters. The Bertz CT molecular complexity index is 2480. The maximum absolute atomic E-state index is 4.94. The summed E-state index contributed by atoms with van der Waals surface area (Å²) in [7, 11) is 5.00. The SMILES string of the molecule is COC/C=C/c1cnc2ccccc2c1.COC/C=C\c1cnc2ccccc2c1.COCC#Cc1cnc2ccccc2c1.Cc1cnc2ccccc2c1. The normalized spacial score (nSPS) is 10.6. The summed E-state index contributed by atoms with van der Waals surface area (Å²) in [5.41, 5.74) is 8.46. The number of hydrogen-bond donors (Lipinski definition) is 0. The fraction of sp³-hybridized carbons (Fsp3) is 0.143. The number of fused-ring (bicyclic) bond motifs is 4. The smallest absolute Gasteiger partial charge is 0.107 e. The summed E-state index contributed by atoms with van der Waals surface area (Å²) in [4.78, 5) is 17.3. The highest BCUT2D eigenvalue weighted by molar-refractivity contribution is 5.82. The van der Waals surface area contributed by atoms with Gasteiger partial charge in [-0.2, -0.15) is 0 Å². The number of aromatic nitrogens is 4.